The molecular formula is C27H24ClFN6O4S. The summed E-state index contributed by atoms with van der Waals surface area (Å²) < 4.78 is 32.3. The van der Waals surface area contributed by atoms with Gasteiger partial charge < -0.3 is 14.2 Å². The maximum atomic E-state index is 15.3. The summed E-state index contributed by atoms with van der Waals surface area (Å²) in [4.78, 5) is 33.9. The third kappa shape index (κ3) is 5.58. The van der Waals surface area contributed by atoms with E-state index in [0.29, 0.717) is 43.6 Å². The number of carbonyl (C=O) groups excluding carboxylic acids is 1. The van der Waals surface area contributed by atoms with Crippen LogP contribution in [-0.4, -0.2) is 50.3 Å². The molecule has 0 aliphatic carbocycles. The molecule has 0 aliphatic heterocycles. The molecule has 0 saturated carbocycles. The van der Waals surface area contributed by atoms with Gasteiger partial charge in [0.05, 0.1) is 47.1 Å². The number of anilines is 1. The summed E-state index contributed by atoms with van der Waals surface area (Å²) in [5, 5.41) is 2.98. The lowest BCUT2D eigenvalue weighted by Gasteiger charge is -2.22. The van der Waals surface area contributed by atoms with Gasteiger partial charge in [-0.1, -0.05) is 11.6 Å². The van der Waals surface area contributed by atoms with E-state index in [-0.39, 0.29) is 10.8 Å². The summed E-state index contributed by atoms with van der Waals surface area (Å²) in [6, 6.07) is 5.38. The number of aromatic nitrogens is 5. The average Bonchev–Trinajstić information content (AvgIpc) is 3.36. The topological polar surface area (TPSA) is 121 Å². The minimum Gasteiger partial charge on any atom is -0.484 e. The Balaban J connectivity index is 1.38. The summed E-state index contributed by atoms with van der Waals surface area (Å²) in [6.45, 7) is 6.97. The zero-order valence-corrected chi connectivity index (χ0v) is 23.7. The third-order valence-corrected chi connectivity index (χ3v) is 7.42. The number of rotatable bonds is 7. The maximum absolute atomic E-state index is 15.3. The number of ether oxygens (including phenoxy) is 3. The number of hydrogen-bond acceptors (Lipinski definition) is 10. The van der Waals surface area contributed by atoms with Crippen molar-refractivity contribution in [2.75, 3.05) is 12.4 Å². The molecular weight excluding hydrogens is 559 g/mol. The number of aryl methyl sites for hydroxylation is 2. The van der Waals surface area contributed by atoms with Gasteiger partial charge >= 0.3 is 6.09 Å². The van der Waals surface area contributed by atoms with Crippen molar-refractivity contribution in [1.82, 2.24) is 24.9 Å². The van der Waals surface area contributed by atoms with E-state index in [1.165, 1.54) is 43.1 Å². The van der Waals surface area contributed by atoms with E-state index in [4.69, 9.17) is 25.8 Å². The minimum atomic E-state index is -0.759. The quantitative estimate of drug-likeness (QED) is 0.228. The van der Waals surface area contributed by atoms with Crippen molar-refractivity contribution < 1.29 is 23.4 Å². The number of methoxy groups -OCH3 is 1. The molecule has 0 bridgehead atoms. The average molecular weight is 583 g/mol. The van der Waals surface area contributed by atoms with Gasteiger partial charge in [-0.15, -0.1) is 11.3 Å². The highest BCUT2D eigenvalue weighted by atomic mass is 35.5. The normalized spacial score (nSPS) is 12.8. The second-order valence-electron chi connectivity index (χ2n) is 9.04. The van der Waals surface area contributed by atoms with Crippen molar-refractivity contribution in [3.05, 3.63) is 59.0 Å². The lowest BCUT2D eigenvalue weighted by atomic mass is 10.1. The first kappa shape index (κ1) is 27.4. The Labute approximate surface area is 237 Å². The molecule has 2 aromatic carbocycles. The SMILES string of the molecule is COc1cnc2c(-c3nc4c(Cl)c(F)c(O[C@@H](C)[C@@H](C)OC(=O)Nc5cnc(C)nc5)cc4s3)cc(C)cc2n1. The molecule has 10 nitrogen and oxygen atoms in total. The van der Waals surface area contributed by atoms with Crippen LogP contribution in [0, 0.1) is 19.7 Å². The van der Waals surface area contributed by atoms with Crippen LogP contribution in [0.25, 0.3) is 31.8 Å². The van der Waals surface area contributed by atoms with Crippen molar-refractivity contribution in [2.24, 2.45) is 0 Å². The van der Waals surface area contributed by atoms with E-state index >= 15 is 4.39 Å². The summed E-state index contributed by atoms with van der Waals surface area (Å²) in [7, 11) is 1.53. The van der Waals surface area contributed by atoms with Crippen molar-refractivity contribution in [1.29, 1.82) is 0 Å². The van der Waals surface area contributed by atoms with Crippen molar-refractivity contribution in [2.45, 2.75) is 39.9 Å². The maximum Gasteiger partial charge on any atom is 0.412 e. The Hall–Kier alpha value is -4.16. The van der Waals surface area contributed by atoms with E-state index in [2.05, 4.69) is 30.2 Å². The predicted molar refractivity (Wildman–Crippen MR) is 151 cm³/mol. The first-order valence-corrected chi connectivity index (χ1v) is 13.4. The van der Waals surface area contributed by atoms with Crippen LogP contribution in [0.2, 0.25) is 5.02 Å². The second-order valence-corrected chi connectivity index (χ2v) is 10.4. The first-order valence-electron chi connectivity index (χ1n) is 12.2. The standard InChI is InChI=1S/C27H24ClFN6O4S/c1-12-6-17(24-18(7-12)34-21(37-5)11-32-24)26-35-25-20(40-26)8-19(23(29)22(25)28)38-13(2)14(3)39-27(36)33-16-9-30-15(4)31-10-16/h6-11,13-14H,1-5H3,(H,33,36)/t13-,14+/m0/s1. The van der Waals surface area contributed by atoms with Crippen LogP contribution in [0.3, 0.4) is 0 Å². The third-order valence-electron chi connectivity index (χ3n) is 6.04. The minimum absolute atomic E-state index is 0.0818. The molecule has 3 aromatic heterocycles. The predicted octanol–water partition coefficient (Wildman–Crippen LogP) is 6.52. The van der Waals surface area contributed by atoms with Crippen LogP contribution in [0.5, 0.6) is 11.6 Å². The lowest BCUT2D eigenvalue weighted by Crippen LogP contribution is -2.32. The molecule has 0 aliphatic rings. The molecule has 40 heavy (non-hydrogen) atoms. The van der Waals surface area contributed by atoms with Gasteiger partial charge in [0, 0.05) is 11.6 Å². The van der Waals surface area contributed by atoms with Crippen molar-refractivity contribution >= 4 is 56.0 Å². The fourth-order valence-corrected chi connectivity index (χ4v) is 5.17. The van der Waals surface area contributed by atoms with Gasteiger partial charge in [0.25, 0.3) is 0 Å². The van der Waals surface area contributed by atoms with Crippen LogP contribution in [-0.2, 0) is 4.74 Å². The van der Waals surface area contributed by atoms with Gasteiger partial charge in [-0.2, -0.15) is 0 Å². The highest BCUT2D eigenvalue weighted by Crippen LogP contribution is 2.41. The summed E-state index contributed by atoms with van der Waals surface area (Å²) in [5.74, 6) is 0.127. The Kier molecular flexibility index (Phi) is 7.63. The zero-order valence-electron chi connectivity index (χ0n) is 22.2. The summed E-state index contributed by atoms with van der Waals surface area (Å²) >= 11 is 7.73. The molecule has 5 aromatic rings. The lowest BCUT2D eigenvalue weighted by molar-refractivity contribution is 0.0402. The Morgan fingerprint density at radius 1 is 1.02 bits per heavy atom. The highest BCUT2D eigenvalue weighted by Gasteiger charge is 2.24. The van der Waals surface area contributed by atoms with Crippen molar-refractivity contribution in [3.63, 3.8) is 0 Å². The van der Waals surface area contributed by atoms with Gasteiger partial charge in [0.2, 0.25) is 5.88 Å². The van der Waals surface area contributed by atoms with Crippen molar-refractivity contribution in [3.8, 4) is 22.2 Å². The van der Waals surface area contributed by atoms with E-state index in [1.54, 1.807) is 20.8 Å². The monoisotopic (exact) mass is 582 g/mol. The number of carbonyl (C=O) groups is 1. The molecule has 1 N–H and O–H groups in total. The van der Waals surface area contributed by atoms with E-state index < -0.39 is 24.1 Å². The largest absolute Gasteiger partial charge is 0.484 e. The molecule has 0 spiro atoms. The Morgan fingerprint density at radius 2 is 1.77 bits per heavy atom. The molecule has 1 amide bonds. The number of nitrogens with one attached hydrogen (secondary N) is 1. The van der Waals surface area contributed by atoms with Gasteiger partial charge in [-0.3, -0.25) is 5.32 Å². The van der Waals surface area contributed by atoms with Crippen LogP contribution in [0.1, 0.15) is 25.2 Å². The fraction of sp³-hybridized carbons (Fsp3) is 0.259. The van der Waals surface area contributed by atoms with Crippen LogP contribution < -0.4 is 14.8 Å². The first-order chi connectivity index (χ1) is 19.1. The van der Waals surface area contributed by atoms with Gasteiger partial charge in [-0.05, 0) is 45.4 Å². The number of amides is 1. The number of nitrogens with zero attached hydrogens (tertiary/aromatic N) is 5. The van der Waals surface area contributed by atoms with E-state index in [9.17, 15) is 4.79 Å². The Bertz CT molecular complexity index is 1730. The number of fused-ring (bicyclic) bond motifs is 2. The molecule has 0 fully saturated rings. The molecule has 13 heteroatoms. The number of benzene rings is 2. The molecule has 5 rings (SSSR count). The van der Waals surface area contributed by atoms with Crippen LogP contribution >= 0.6 is 22.9 Å². The van der Waals surface area contributed by atoms with E-state index in [0.717, 1.165) is 11.1 Å². The number of hydrogen-bond donors (Lipinski definition) is 1. The highest BCUT2D eigenvalue weighted by molar-refractivity contribution is 7.21. The number of thiazole rings is 1. The van der Waals surface area contributed by atoms with Crippen LogP contribution in [0.15, 0.2) is 36.8 Å². The zero-order chi connectivity index (χ0) is 28.6. The molecule has 3 heterocycles. The molecule has 0 radical (unpaired) electrons. The fourth-order valence-electron chi connectivity index (χ4n) is 3.86. The molecule has 0 unspecified atom stereocenters. The molecule has 206 valence electrons. The summed E-state index contributed by atoms with van der Waals surface area (Å²) in [6.07, 6.45) is 2.31. The van der Waals surface area contributed by atoms with Gasteiger partial charge in [-0.25, -0.2) is 34.1 Å². The molecule has 2 atom stereocenters. The second kappa shape index (κ2) is 11.1. The molecule has 0 saturated heterocycles. The summed E-state index contributed by atoms with van der Waals surface area (Å²) in [5.41, 5.74) is 3.66. The number of halogens is 2. The smallest absolute Gasteiger partial charge is 0.412 e. The van der Waals surface area contributed by atoms with Gasteiger partial charge in [0.15, 0.2) is 11.6 Å². The van der Waals surface area contributed by atoms with E-state index in [1.807, 2.05) is 19.1 Å². The van der Waals surface area contributed by atoms with Gasteiger partial charge in [0.1, 0.15) is 33.6 Å². The Morgan fingerprint density at radius 3 is 2.50 bits per heavy atom. The van der Waals surface area contributed by atoms with Crippen LogP contribution in [0.4, 0.5) is 14.9 Å².